The Morgan fingerprint density at radius 3 is 2.28 bits per heavy atom. The van der Waals surface area contributed by atoms with Gasteiger partial charge in [0.1, 0.15) is 0 Å². The summed E-state index contributed by atoms with van der Waals surface area (Å²) in [5.41, 5.74) is 0.913. The summed E-state index contributed by atoms with van der Waals surface area (Å²) in [4.78, 5) is 11.9. The van der Waals surface area contributed by atoms with Crippen LogP contribution in [0.4, 0.5) is 0 Å². The Bertz CT molecular complexity index is 544. The van der Waals surface area contributed by atoms with Crippen molar-refractivity contribution in [1.82, 2.24) is 5.32 Å². The van der Waals surface area contributed by atoms with Crippen molar-refractivity contribution in [3.05, 3.63) is 29.8 Å². The highest BCUT2D eigenvalue weighted by atomic mass is 32.2. The lowest BCUT2D eigenvalue weighted by Gasteiger charge is -2.14. The smallest absolute Gasteiger partial charge is 0.223 e. The van der Waals surface area contributed by atoms with Crippen molar-refractivity contribution in [3.63, 3.8) is 0 Å². The van der Waals surface area contributed by atoms with E-state index in [4.69, 9.17) is 0 Å². The third-order valence-electron chi connectivity index (χ3n) is 3.12. The van der Waals surface area contributed by atoms with Crippen molar-refractivity contribution in [3.8, 4) is 0 Å². The first kappa shape index (κ1) is 13.1. The van der Waals surface area contributed by atoms with Crippen LogP contribution in [0.25, 0.3) is 0 Å². The summed E-state index contributed by atoms with van der Waals surface area (Å²) in [6.07, 6.45) is 3.14. The molecule has 0 aromatic heterocycles. The van der Waals surface area contributed by atoms with Gasteiger partial charge < -0.3 is 5.32 Å². The maximum absolute atomic E-state index is 11.6. The highest BCUT2D eigenvalue weighted by Gasteiger charge is 2.30. The number of hydrogen-bond acceptors (Lipinski definition) is 3. The predicted octanol–water partition coefficient (Wildman–Crippen LogP) is 1.68. The molecule has 2 rings (SSSR count). The summed E-state index contributed by atoms with van der Waals surface area (Å²) in [6.45, 7) is 1.90. The molecule has 1 amide bonds. The Morgan fingerprint density at radius 1 is 1.28 bits per heavy atom. The molecule has 1 aliphatic rings. The van der Waals surface area contributed by atoms with Crippen molar-refractivity contribution >= 4 is 15.7 Å². The molecule has 0 radical (unpaired) electrons. The van der Waals surface area contributed by atoms with E-state index in [1.807, 2.05) is 6.92 Å². The third-order valence-corrected chi connectivity index (χ3v) is 4.24. The average Bonchev–Trinajstić information content (AvgIpc) is 3.11. The molecule has 0 saturated heterocycles. The van der Waals surface area contributed by atoms with Crippen LogP contribution in [0.2, 0.25) is 0 Å². The third kappa shape index (κ3) is 3.10. The second kappa shape index (κ2) is 4.72. The molecule has 1 fully saturated rings. The number of hydrogen-bond donors (Lipinski definition) is 1. The molecule has 18 heavy (non-hydrogen) atoms. The molecule has 0 bridgehead atoms. The summed E-state index contributed by atoms with van der Waals surface area (Å²) >= 11 is 0. The first-order chi connectivity index (χ1) is 8.38. The number of sulfone groups is 1. The van der Waals surface area contributed by atoms with Crippen molar-refractivity contribution in [2.75, 3.05) is 6.26 Å². The van der Waals surface area contributed by atoms with Crippen LogP contribution in [0.1, 0.15) is 31.4 Å². The van der Waals surface area contributed by atoms with Crippen LogP contribution in [0, 0.1) is 5.92 Å². The number of nitrogens with one attached hydrogen (secondary N) is 1. The normalized spacial score (nSPS) is 17.2. The zero-order valence-electron chi connectivity index (χ0n) is 10.5. The fourth-order valence-electron chi connectivity index (χ4n) is 1.76. The molecule has 0 spiro atoms. The largest absolute Gasteiger partial charge is 0.349 e. The van der Waals surface area contributed by atoms with Crippen LogP contribution >= 0.6 is 0 Å². The van der Waals surface area contributed by atoms with Crippen LogP contribution in [-0.4, -0.2) is 20.6 Å². The van der Waals surface area contributed by atoms with E-state index in [9.17, 15) is 13.2 Å². The van der Waals surface area contributed by atoms with E-state index in [1.165, 1.54) is 6.26 Å². The first-order valence-electron chi connectivity index (χ1n) is 5.98. The Balaban J connectivity index is 2.06. The Labute approximate surface area is 107 Å². The minimum atomic E-state index is -3.16. The number of rotatable bonds is 4. The van der Waals surface area contributed by atoms with Gasteiger partial charge in [0.2, 0.25) is 5.91 Å². The van der Waals surface area contributed by atoms with Gasteiger partial charge in [0.05, 0.1) is 10.9 Å². The summed E-state index contributed by atoms with van der Waals surface area (Å²) < 4.78 is 22.6. The van der Waals surface area contributed by atoms with E-state index in [-0.39, 0.29) is 17.9 Å². The molecule has 1 N–H and O–H groups in total. The first-order valence-corrected chi connectivity index (χ1v) is 7.87. The average molecular weight is 267 g/mol. The van der Waals surface area contributed by atoms with Crippen molar-refractivity contribution in [1.29, 1.82) is 0 Å². The van der Waals surface area contributed by atoms with Gasteiger partial charge in [-0.3, -0.25) is 4.79 Å². The number of carbonyl (C=O) groups is 1. The molecule has 1 aliphatic carbocycles. The number of carbonyl (C=O) groups excluding carboxylic acids is 1. The molecule has 0 aliphatic heterocycles. The fourth-order valence-corrected chi connectivity index (χ4v) is 2.39. The molecule has 0 heterocycles. The number of benzene rings is 1. The minimum Gasteiger partial charge on any atom is -0.349 e. The lowest BCUT2D eigenvalue weighted by molar-refractivity contribution is -0.122. The molecule has 5 heteroatoms. The lowest BCUT2D eigenvalue weighted by Crippen LogP contribution is -2.27. The van der Waals surface area contributed by atoms with E-state index in [1.54, 1.807) is 24.3 Å². The van der Waals surface area contributed by atoms with Crippen LogP contribution in [0.15, 0.2) is 29.2 Å². The number of amides is 1. The summed E-state index contributed by atoms with van der Waals surface area (Å²) in [5, 5.41) is 2.93. The molecule has 1 atom stereocenters. The molecule has 4 nitrogen and oxygen atoms in total. The second-order valence-corrected chi connectivity index (χ2v) is 6.86. The molecular weight excluding hydrogens is 250 g/mol. The van der Waals surface area contributed by atoms with E-state index in [0.29, 0.717) is 4.90 Å². The zero-order chi connectivity index (χ0) is 13.3. The summed E-state index contributed by atoms with van der Waals surface area (Å²) in [5.74, 6) is 0.275. The predicted molar refractivity (Wildman–Crippen MR) is 68.8 cm³/mol. The fraction of sp³-hybridized carbons (Fsp3) is 0.462. The highest BCUT2D eigenvalue weighted by molar-refractivity contribution is 7.90. The Hall–Kier alpha value is -1.36. The minimum absolute atomic E-state index is 0.0910. The summed E-state index contributed by atoms with van der Waals surface area (Å²) in [7, 11) is -3.16. The quantitative estimate of drug-likeness (QED) is 0.902. The van der Waals surface area contributed by atoms with Gasteiger partial charge in [0.25, 0.3) is 0 Å². The van der Waals surface area contributed by atoms with Crippen molar-refractivity contribution in [2.24, 2.45) is 5.92 Å². The summed E-state index contributed by atoms with van der Waals surface area (Å²) in [6, 6.07) is 6.55. The van der Waals surface area contributed by atoms with Gasteiger partial charge in [-0.25, -0.2) is 8.42 Å². The molecular formula is C13H17NO3S. The maximum atomic E-state index is 11.6. The van der Waals surface area contributed by atoms with Crippen molar-refractivity contribution in [2.45, 2.75) is 30.7 Å². The molecule has 1 aromatic carbocycles. The van der Waals surface area contributed by atoms with Crippen LogP contribution in [0.5, 0.6) is 0 Å². The van der Waals surface area contributed by atoms with Gasteiger partial charge in [-0.15, -0.1) is 0 Å². The molecule has 0 unspecified atom stereocenters. The Kier molecular flexibility index (Phi) is 3.43. The molecule has 1 saturated carbocycles. The van der Waals surface area contributed by atoms with Gasteiger partial charge >= 0.3 is 0 Å². The molecule has 98 valence electrons. The van der Waals surface area contributed by atoms with Crippen LogP contribution in [-0.2, 0) is 14.6 Å². The van der Waals surface area contributed by atoms with E-state index >= 15 is 0 Å². The van der Waals surface area contributed by atoms with Crippen LogP contribution in [0.3, 0.4) is 0 Å². The standard InChI is InChI=1S/C13H17NO3S/c1-9(14-13(15)11-3-4-11)10-5-7-12(8-6-10)18(2,16)17/h5-9,11H,3-4H2,1-2H3,(H,14,15)/t9-/m1/s1. The van der Waals surface area contributed by atoms with Gasteiger partial charge in [-0.1, -0.05) is 12.1 Å². The zero-order valence-corrected chi connectivity index (χ0v) is 11.3. The van der Waals surface area contributed by atoms with Gasteiger partial charge in [0, 0.05) is 12.2 Å². The maximum Gasteiger partial charge on any atom is 0.223 e. The molecule has 1 aromatic rings. The van der Waals surface area contributed by atoms with Gasteiger partial charge in [-0.05, 0) is 37.5 Å². The van der Waals surface area contributed by atoms with E-state index < -0.39 is 9.84 Å². The lowest BCUT2D eigenvalue weighted by atomic mass is 10.1. The SMILES string of the molecule is C[C@@H](NC(=O)C1CC1)c1ccc(S(C)(=O)=O)cc1. The highest BCUT2D eigenvalue weighted by Crippen LogP contribution is 2.29. The topological polar surface area (TPSA) is 63.2 Å². The van der Waals surface area contributed by atoms with Crippen molar-refractivity contribution < 1.29 is 13.2 Å². The van der Waals surface area contributed by atoms with E-state index in [2.05, 4.69) is 5.32 Å². The van der Waals surface area contributed by atoms with Crippen LogP contribution < -0.4 is 5.32 Å². The monoisotopic (exact) mass is 267 g/mol. The Morgan fingerprint density at radius 2 is 1.83 bits per heavy atom. The van der Waals surface area contributed by atoms with Gasteiger partial charge in [0.15, 0.2) is 9.84 Å². The van der Waals surface area contributed by atoms with E-state index in [0.717, 1.165) is 18.4 Å². The van der Waals surface area contributed by atoms with Gasteiger partial charge in [-0.2, -0.15) is 0 Å². The second-order valence-electron chi connectivity index (χ2n) is 4.85.